The van der Waals surface area contributed by atoms with E-state index in [0.717, 1.165) is 5.92 Å². The zero-order valence-electron chi connectivity index (χ0n) is 8.19. The lowest BCUT2D eigenvalue weighted by atomic mass is 9.69. The van der Waals surface area contributed by atoms with Crippen molar-refractivity contribution in [2.24, 2.45) is 11.3 Å². The van der Waals surface area contributed by atoms with Crippen LogP contribution < -0.4 is 5.32 Å². The van der Waals surface area contributed by atoms with Crippen molar-refractivity contribution in [1.82, 2.24) is 5.32 Å². The van der Waals surface area contributed by atoms with Gasteiger partial charge in [0.15, 0.2) is 0 Å². The lowest BCUT2D eigenvalue weighted by Crippen LogP contribution is -2.53. The van der Waals surface area contributed by atoms with E-state index in [4.69, 9.17) is 0 Å². The number of allylic oxidation sites excluding steroid dienone is 2. The van der Waals surface area contributed by atoms with Crippen molar-refractivity contribution in [3.63, 3.8) is 0 Å². The second-order valence-corrected chi connectivity index (χ2v) is 4.74. The Bertz CT molecular complexity index is 199. The lowest BCUT2D eigenvalue weighted by molar-refractivity contribution is 0.147. The molecular weight excluding hydrogens is 146 g/mol. The Kier molecular flexibility index (Phi) is 1.99. The van der Waals surface area contributed by atoms with Crippen LogP contribution in [-0.2, 0) is 0 Å². The summed E-state index contributed by atoms with van der Waals surface area (Å²) in [6, 6.07) is 0. The van der Waals surface area contributed by atoms with Crippen LogP contribution in [-0.4, -0.2) is 13.1 Å². The molecule has 1 heteroatoms. The largest absolute Gasteiger partial charge is 0.316 e. The molecule has 0 saturated carbocycles. The second-order valence-electron chi connectivity index (χ2n) is 4.74. The van der Waals surface area contributed by atoms with E-state index in [2.05, 4.69) is 25.2 Å². The van der Waals surface area contributed by atoms with Gasteiger partial charge >= 0.3 is 0 Å². The summed E-state index contributed by atoms with van der Waals surface area (Å²) >= 11 is 0. The molecule has 2 rings (SSSR count). The minimum Gasteiger partial charge on any atom is -0.316 e. The molecule has 2 aliphatic rings. The average molecular weight is 165 g/mol. The highest BCUT2D eigenvalue weighted by Gasteiger charge is 2.37. The fourth-order valence-corrected chi connectivity index (χ4v) is 2.29. The molecule has 12 heavy (non-hydrogen) atoms. The first-order chi connectivity index (χ1) is 5.72. The Hall–Kier alpha value is -0.300. The first-order valence-corrected chi connectivity index (χ1v) is 5.12. The van der Waals surface area contributed by atoms with E-state index < -0.39 is 0 Å². The number of hydrogen-bond acceptors (Lipinski definition) is 1. The van der Waals surface area contributed by atoms with E-state index in [-0.39, 0.29) is 0 Å². The lowest BCUT2D eigenvalue weighted by Gasteiger charge is -2.45. The number of rotatable bonds is 1. The highest BCUT2D eigenvalue weighted by Crippen LogP contribution is 2.39. The molecule has 1 saturated heterocycles. The Morgan fingerprint density at radius 3 is 2.50 bits per heavy atom. The molecule has 1 N–H and O–H groups in total. The smallest absolute Gasteiger partial charge is 0.00233 e. The summed E-state index contributed by atoms with van der Waals surface area (Å²) in [6.45, 7) is 7.13. The summed E-state index contributed by atoms with van der Waals surface area (Å²) in [5.74, 6) is 0.774. The van der Waals surface area contributed by atoms with Gasteiger partial charge in [-0.25, -0.2) is 0 Å². The highest BCUT2D eigenvalue weighted by atomic mass is 15.0. The van der Waals surface area contributed by atoms with Gasteiger partial charge < -0.3 is 5.32 Å². The number of nitrogens with one attached hydrogen (secondary N) is 1. The van der Waals surface area contributed by atoms with Crippen LogP contribution >= 0.6 is 0 Å². The molecular formula is C11H19N. The Balaban J connectivity index is 1.99. The molecule has 0 aromatic heterocycles. The SMILES string of the molecule is CC(C)C1=CCC2(CC1)CNC2. The Morgan fingerprint density at radius 1 is 1.42 bits per heavy atom. The van der Waals surface area contributed by atoms with E-state index in [1.165, 1.54) is 32.4 Å². The molecule has 1 aliphatic heterocycles. The summed E-state index contributed by atoms with van der Waals surface area (Å²) < 4.78 is 0. The molecule has 0 bridgehead atoms. The van der Waals surface area contributed by atoms with Crippen LogP contribution in [0.4, 0.5) is 0 Å². The topological polar surface area (TPSA) is 12.0 Å². The molecule has 0 radical (unpaired) electrons. The third kappa shape index (κ3) is 1.31. The monoisotopic (exact) mass is 165 g/mol. The van der Waals surface area contributed by atoms with E-state index in [9.17, 15) is 0 Å². The maximum atomic E-state index is 3.39. The van der Waals surface area contributed by atoms with Gasteiger partial charge in [-0.15, -0.1) is 0 Å². The summed E-state index contributed by atoms with van der Waals surface area (Å²) in [5.41, 5.74) is 2.37. The molecule has 1 fully saturated rings. The number of hydrogen-bond donors (Lipinski definition) is 1. The third-order valence-electron chi connectivity index (χ3n) is 3.48. The first-order valence-electron chi connectivity index (χ1n) is 5.12. The normalized spacial score (nSPS) is 27.1. The van der Waals surface area contributed by atoms with Gasteiger partial charge in [-0.3, -0.25) is 0 Å². The summed E-state index contributed by atoms with van der Waals surface area (Å²) in [5, 5.41) is 3.39. The van der Waals surface area contributed by atoms with Gasteiger partial charge in [0, 0.05) is 13.1 Å². The summed E-state index contributed by atoms with van der Waals surface area (Å²) in [6.07, 6.45) is 6.59. The van der Waals surface area contributed by atoms with Crippen LogP contribution in [0.5, 0.6) is 0 Å². The predicted octanol–water partition coefficient (Wildman–Crippen LogP) is 2.34. The average Bonchev–Trinajstić information content (AvgIpc) is 2.02. The highest BCUT2D eigenvalue weighted by molar-refractivity contribution is 5.14. The first kappa shape index (κ1) is 8.31. The standard InChI is InChI=1S/C11H19N/c1-9(2)10-3-5-11(6-4-10)7-12-8-11/h3,9,12H,4-8H2,1-2H3. The Labute approximate surface area is 75.2 Å². The fourth-order valence-electron chi connectivity index (χ4n) is 2.29. The van der Waals surface area contributed by atoms with Gasteiger partial charge in [0.05, 0.1) is 0 Å². The van der Waals surface area contributed by atoms with Gasteiger partial charge in [-0.1, -0.05) is 25.5 Å². The van der Waals surface area contributed by atoms with Crippen LogP contribution in [0.3, 0.4) is 0 Å². The summed E-state index contributed by atoms with van der Waals surface area (Å²) in [4.78, 5) is 0. The zero-order chi connectivity index (χ0) is 8.60. The van der Waals surface area contributed by atoms with E-state index in [1.54, 1.807) is 5.57 Å². The van der Waals surface area contributed by atoms with Crippen molar-refractivity contribution in [1.29, 1.82) is 0 Å². The van der Waals surface area contributed by atoms with Crippen molar-refractivity contribution < 1.29 is 0 Å². The minimum absolute atomic E-state index is 0.679. The van der Waals surface area contributed by atoms with Gasteiger partial charge in [-0.05, 0) is 30.6 Å². The quantitative estimate of drug-likeness (QED) is 0.588. The molecule has 0 aromatic carbocycles. The van der Waals surface area contributed by atoms with Crippen molar-refractivity contribution >= 4 is 0 Å². The molecule has 1 aliphatic carbocycles. The Morgan fingerprint density at radius 2 is 2.17 bits per heavy atom. The van der Waals surface area contributed by atoms with Crippen LogP contribution in [0.1, 0.15) is 33.1 Å². The summed E-state index contributed by atoms with van der Waals surface area (Å²) in [7, 11) is 0. The fraction of sp³-hybridized carbons (Fsp3) is 0.818. The predicted molar refractivity (Wildman–Crippen MR) is 52.1 cm³/mol. The zero-order valence-corrected chi connectivity index (χ0v) is 8.19. The van der Waals surface area contributed by atoms with Gasteiger partial charge in [0.25, 0.3) is 0 Å². The molecule has 1 nitrogen and oxygen atoms in total. The van der Waals surface area contributed by atoms with Gasteiger partial charge in [0.1, 0.15) is 0 Å². The molecule has 0 atom stereocenters. The van der Waals surface area contributed by atoms with E-state index >= 15 is 0 Å². The van der Waals surface area contributed by atoms with E-state index in [0.29, 0.717) is 5.41 Å². The van der Waals surface area contributed by atoms with Crippen LogP contribution in [0.25, 0.3) is 0 Å². The van der Waals surface area contributed by atoms with Crippen LogP contribution in [0.2, 0.25) is 0 Å². The maximum Gasteiger partial charge on any atom is 0.00233 e. The molecule has 0 unspecified atom stereocenters. The van der Waals surface area contributed by atoms with Crippen molar-refractivity contribution in [2.75, 3.05) is 13.1 Å². The molecule has 1 heterocycles. The van der Waals surface area contributed by atoms with Crippen LogP contribution in [0, 0.1) is 11.3 Å². The van der Waals surface area contributed by atoms with Gasteiger partial charge in [-0.2, -0.15) is 0 Å². The third-order valence-corrected chi connectivity index (χ3v) is 3.48. The minimum atomic E-state index is 0.679. The van der Waals surface area contributed by atoms with Crippen molar-refractivity contribution in [2.45, 2.75) is 33.1 Å². The van der Waals surface area contributed by atoms with Crippen LogP contribution in [0.15, 0.2) is 11.6 Å². The van der Waals surface area contributed by atoms with Crippen molar-refractivity contribution in [3.8, 4) is 0 Å². The maximum absolute atomic E-state index is 3.39. The van der Waals surface area contributed by atoms with Gasteiger partial charge in [0.2, 0.25) is 0 Å². The molecule has 0 aromatic rings. The molecule has 0 amide bonds. The van der Waals surface area contributed by atoms with E-state index in [1.807, 2.05) is 0 Å². The van der Waals surface area contributed by atoms with Crippen molar-refractivity contribution in [3.05, 3.63) is 11.6 Å². The second kappa shape index (κ2) is 2.88. The molecule has 1 spiro atoms. The molecule has 68 valence electrons.